The molecule has 2 aromatic carbocycles. The Hall–Kier alpha value is -4.10. The second-order valence-electron chi connectivity index (χ2n) is 8.59. The lowest BCUT2D eigenvalue weighted by atomic mass is 10.0. The number of benzodiazepines with no additional fused rings is 1. The molecule has 3 aromatic rings. The number of alkyl halides is 3. The van der Waals surface area contributed by atoms with Crippen molar-refractivity contribution in [2.45, 2.75) is 25.2 Å². The summed E-state index contributed by atoms with van der Waals surface area (Å²) in [6.45, 7) is 0.986. The number of para-hydroxylation sites is 1. The molecule has 0 radical (unpaired) electrons. The van der Waals surface area contributed by atoms with Crippen molar-refractivity contribution in [1.29, 1.82) is 5.41 Å². The molecule has 0 bridgehead atoms. The molecule has 204 valence electrons. The summed E-state index contributed by atoms with van der Waals surface area (Å²) in [5.41, 5.74) is 7.77. The number of benzene rings is 2. The number of amidine groups is 1. The zero-order valence-corrected chi connectivity index (χ0v) is 21.6. The van der Waals surface area contributed by atoms with Crippen molar-refractivity contribution >= 4 is 40.6 Å². The molecule has 1 fully saturated rings. The fraction of sp³-hybridized carbons (Fsp3) is 0.269. The third-order valence-corrected chi connectivity index (χ3v) is 6.40. The summed E-state index contributed by atoms with van der Waals surface area (Å²) in [6, 6.07) is 15.6. The Kier molecular flexibility index (Phi) is 8.72. The number of methoxy groups -OCH3 is 1. The van der Waals surface area contributed by atoms with Crippen LogP contribution in [-0.2, 0) is 20.4 Å². The third-order valence-electron chi connectivity index (χ3n) is 5.51. The second kappa shape index (κ2) is 12.2. The van der Waals surface area contributed by atoms with Gasteiger partial charge in [0.1, 0.15) is 5.69 Å². The number of nitrogens with one attached hydrogen (secondary N) is 2. The summed E-state index contributed by atoms with van der Waals surface area (Å²) in [7, 11) is 1.76. The maximum absolute atomic E-state index is 12.7. The Morgan fingerprint density at radius 1 is 1.18 bits per heavy atom. The van der Waals surface area contributed by atoms with Gasteiger partial charge in [-0.3, -0.25) is 10.2 Å². The Bertz CT molecular complexity index is 1390. The van der Waals surface area contributed by atoms with Gasteiger partial charge in [-0.15, -0.1) is 11.3 Å². The van der Waals surface area contributed by atoms with E-state index in [0.29, 0.717) is 28.3 Å². The van der Waals surface area contributed by atoms with Gasteiger partial charge >= 0.3 is 6.18 Å². The van der Waals surface area contributed by atoms with Gasteiger partial charge in [-0.25, -0.2) is 9.98 Å². The topological polar surface area (TPSA) is 135 Å². The van der Waals surface area contributed by atoms with Gasteiger partial charge in [0.2, 0.25) is 12.1 Å². The van der Waals surface area contributed by atoms with Gasteiger partial charge in [0.25, 0.3) is 11.9 Å². The first kappa shape index (κ1) is 27.9. The van der Waals surface area contributed by atoms with Gasteiger partial charge in [0.05, 0.1) is 11.4 Å². The number of fused-ring (bicyclic) bond motifs is 1. The molecule has 5 rings (SSSR count). The Labute approximate surface area is 226 Å². The number of nitrogens with two attached hydrogens (primary N) is 1. The fourth-order valence-corrected chi connectivity index (χ4v) is 4.16. The number of hydrogen-bond acceptors (Lipinski definition) is 8. The predicted octanol–water partition coefficient (Wildman–Crippen LogP) is 4.68. The zero-order chi connectivity index (χ0) is 28.0. The number of carbonyl (C=O) groups excluding carboxylic acids is 1. The van der Waals surface area contributed by atoms with E-state index >= 15 is 0 Å². The van der Waals surface area contributed by atoms with Crippen molar-refractivity contribution < 1.29 is 27.4 Å². The maximum atomic E-state index is 12.7. The van der Waals surface area contributed by atoms with E-state index in [2.05, 4.69) is 20.3 Å². The van der Waals surface area contributed by atoms with Gasteiger partial charge in [0, 0.05) is 30.2 Å². The number of anilines is 1. The summed E-state index contributed by atoms with van der Waals surface area (Å²) in [5, 5.41) is 10.4. The molecule has 1 aliphatic heterocycles. The minimum atomic E-state index is -4.64. The van der Waals surface area contributed by atoms with Gasteiger partial charge in [0.15, 0.2) is 5.01 Å². The minimum absolute atomic E-state index is 0.318. The molecule has 2 heterocycles. The molecule has 1 aliphatic carbocycles. The Morgan fingerprint density at radius 3 is 2.49 bits per heavy atom. The van der Waals surface area contributed by atoms with Crippen LogP contribution in [-0.4, -0.2) is 48.4 Å². The zero-order valence-electron chi connectivity index (χ0n) is 20.7. The highest BCUT2D eigenvalue weighted by Crippen LogP contribution is 2.32. The molecule has 2 aliphatic rings. The van der Waals surface area contributed by atoms with Crippen LogP contribution in [0.15, 0.2) is 70.0 Å². The SMILES string of the molecule is COCC1CC1.N=C(O/C(N)=N/C1N=C(c2ccccc2)c2ccccc2NC1=O)c1csc(C(F)(F)F)n1. The first-order chi connectivity index (χ1) is 18.7. The first-order valence-corrected chi connectivity index (χ1v) is 12.7. The molecule has 1 aromatic heterocycles. The lowest BCUT2D eigenvalue weighted by molar-refractivity contribution is -0.137. The first-order valence-electron chi connectivity index (χ1n) is 11.8. The number of amides is 1. The number of rotatable bonds is 5. The van der Waals surface area contributed by atoms with Crippen LogP contribution in [0.25, 0.3) is 0 Å². The van der Waals surface area contributed by atoms with Crippen molar-refractivity contribution in [1.82, 2.24) is 4.98 Å². The highest BCUT2D eigenvalue weighted by atomic mass is 32.1. The molecule has 13 heteroatoms. The third kappa shape index (κ3) is 7.48. The van der Waals surface area contributed by atoms with E-state index in [0.717, 1.165) is 23.5 Å². The average molecular weight is 559 g/mol. The van der Waals surface area contributed by atoms with Crippen molar-refractivity contribution in [3.05, 3.63) is 81.8 Å². The lowest BCUT2D eigenvalue weighted by Gasteiger charge is -2.09. The molecule has 0 spiro atoms. The van der Waals surface area contributed by atoms with Crippen LogP contribution < -0.4 is 11.1 Å². The largest absolute Gasteiger partial charge is 0.443 e. The van der Waals surface area contributed by atoms with Gasteiger partial charge in [-0.2, -0.15) is 18.2 Å². The normalized spacial score (nSPS) is 17.1. The molecular formula is C26H25F3N6O3S. The van der Waals surface area contributed by atoms with Crippen LogP contribution in [0.3, 0.4) is 0 Å². The summed E-state index contributed by atoms with van der Waals surface area (Å²) in [5.74, 6) is -0.415. The van der Waals surface area contributed by atoms with Crippen LogP contribution >= 0.6 is 11.3 Å². The number of halogens is 3. The van der Waals surface area contributed by atoms with E-state index in [1.54, 1.807) is 31.4 Å². The Balaban J connectivity index is 0.000000519. The number of carbonyl (C=O) groups is 1. The molecule has 1 saturated carbocycles. The Morgan fingerprint density at radius 2 is 1.87 bits per heavy atom. The molecule has 1 atom stereocenters. The summed E-state index contributed by atoms with van der Waals surface area (Å²) >= 11 is 0.318. The van der Waals surface area contributed by atoms with Crippen molar-refractivity contribution in [3.8, 4) is 0 Å². The van der Waals surface area contributed by atoms with Crippen LogP contribution in [0.5, 0.6) is 0 Å². The fourth-order valence-electron chi connectivity index (χ4n) is 3.49. The van der Waals surface area contributed by atoms with Crippen molar-refractivity contribution in [3.63, 3.8) is 0 Å². The minimum Gasteiger partial charge on any atom is -0.405 e. The number of ether oxygens (including phenoxy) is 2. The highest BCUT2D eigenvalue weighted by molar-refractivity contribution is 7.10. The van der Waals surface area contributed by atoms with Crippen LogP contribution in [0.4, 0.5) is 18.9 Å². The lowest BCUT2D eigenvalue weighted by Crippen LogP contribution is -2.29. The van der Waals surface area contributed by atoms with Gasteiger partial charge in [-0.05, 0) is 24.8 Å². The number of aromatic nitrogens is 1. The monoisotopic (exact) mass is 558 g/mol. The van der Waals surface area contributed by atoms with E-state index in [4.69, 9.17) is 20.6 Å². The predicted molar refractivity (Wildman–Crippen MR) is 142 cm³/mol. The standard InChI is InChI=1S/C21H15F3N6O2S.C5H10O/c22-21(23,24)19-28-14(10-33-19)16(25)32-20(26)30-17-18(31)27-13-9-5-4-8-12(13)15(29-17)11-6-2-1-3-7-11;1-6-4-5-2-3-5/h1-10,17,25H,(H2,26,30)(H,27,31);5H,2-4H2,1H3. The van der Waals surface area contributed by atoms with E-state index in [-0.39, 0.29) is 5.69 Å². The molecule has 4 N–H and O–H groups in total. The second-order valence-corrected chi connectivity index (χ2v) is 9.44. The van der Waals surface area contributed by atoms with E-state index in [1.165, 1.54) is 12.8 Å². The van der Waals surface area contributed by atoms with Crippen molar-refractivity contribution in [2.75, 3.05) is 19.0 Å². The maximum Gasteiger partial charge on any atom is 0.443 e. The summed E-state index contributed by atoms with van der Waals surface area (Å²) in [6.07, 6.45) is -3.21. The number of aliphatic imine (C=N–C) groups is 2. The van der Waals surface area contributed by atoms with E-state index in [9.17, 15) is 18.0 Å². The summed E-state index contributed by atoms with van der Waals surface area (Å²) in [4.78, 5) is 24.4. The van der Waals surface area contributed by atoms with Crippen LogP contribution in [0, 0.1) is 11.3 Å². The smallest absolute Gasteiger partial charge is 0.405 e. The van der Waals surface area contributed by atoms with E-state index in [1.807, 2.05) is 30.3 Å². The number of nitrogens with zero attached hydrogens (tertiary/aromatic N) is 3. The van der Waals surface area contributed by atoms with Crippen LogP contribution in [0.2, 0.25) is 0 Å². The van der Waals surface area contributed by atoms with E-state index < -0.39 is 35.2 Å². The quantitative estimate of drug-likeness (QED) is 0.309. The highest BCUT2D eigenvalue weighted by Gasteiger charge is 2.35. The molecular weight excluding hydrogens is 533 g/mol. The molecule has 9 nitrogen and oxygen atoms in total. The average Bonchev–Trinajstić information content (AvgIpc) is 3.60. The van der Waals surface area contributed by atoms with Gasteiger partial charge in [-0.1, -0.05) is 48.5 Å². The number of hydrogen-bond donors (Lipinski definition) is 3. The molecule has 1 unspecified atom stereocenters. The summed E-state index contributed by atoms with van der Waals surface area (Å²) < 4.78 is 48.1. The molecule has 0 saturated heterocycles. The molecule has 1 amide bonds. The van der Waals surface area contributed by atoms with Crippen LogP contribution in [0.1, 0.15) is 34.7 Å². The molecule has 39 heavy (non-hydrogen) atoms. The number of thiazole rings is 1. The van der Waals surface area contributed by atoms with Gasteiger partial charge < -0.3 is 20.5 Å². The van der Waals surface area contributed by atoms with Crippen molar-refractivity contribution in [2.24, 2.45) is 21.6 Å².